The highest BCUT2D eigenvalue weighted by atomic mass is 16.5. The minimum absolute atomic E-state index is 0.247. The molecule has 1 aromatic heterocycles. The first-order chi connectivity index (χ1) is 8.56. The predicted molar refractivity (Wildman–Crippen MR) is 70.3 cm³/mol. The minimum atomic E-state index is -0.952. The van der Waals surface area contributed by atoms with Gasteiger partial charge in [-0.3, -0.25) is 4.98 Å². The van der Waals surface area contributed by atoms with Gasteiger partial charge in [0.1, 0.15) is 5.56 Å². The molecule has 5 nitrogen and oxygen atoms in total. The smallest absolute Gasteiger partial charge is 0.339 e. The number of pyridine rings is 1. The Morgan fingerprint density at radius 2 is 2.22 bits per heavy atom. The number of carboxylic acids is 1. The van der Waals surface area contributed by atoms with E-state index in [9.17, 15) is 9.90 Å². The largest absolute Gasteiger partial charge is 0.478 e. The molecule has 0 radical (unpaired) electrons. The molecular formula is C13H20N2O3. The maximum absolute atomic E-state index is 11.2. The molecule has 0 unspecified atom stereocenters. The summed E-state index contributed by atoms with van der Waals surface area (Å²) < 4.78 is 5.23. The molecule has 0 aliphatic heterocycles. The zero-order valence-electron chi connectivity index (χ0n) is 11.1. The van der Waals surface area contributed by atoms with Gasteiger partial charge in [-0.25, -0.2) is 4.79 Å². The molecule has 1 rings (SSSR count). The number of carbonyl (C=O) groups is 1. The second-order valence-corrected chi connectivity index (χ2v) is 4.05. The topological polar surface area (TPSA) is 71.5 Å². The standard InChI is InChI=1S/C13H20N2O3/c1-4-18-7-5-6-14-11-8-9(2)15-10(3)12(11)13(16)17/h8H,4-7H2,1-3H3,(H,14,15)(H,16,17). The summed E-state index contributed by atoms with van der Waals surface area (Å²) in [6.07, 6.45) is 0.841. The molecule has 5 heteroatoms. The fourth-order valence-electron chi connectivity index (χ4n) is 1.78. The SMILES string of the molecule is CCOCCCNc1cc(C)nc(C)c1C(=O)O. The van der Waals surface area contributed by atoms with Crippen LogP contribution in [0.15, 0.2) is 6.07 Å². The van der Waals surface area contributed by atoms with Gasteiger partial charge < -0.3 is 15.2 Å². The van der Waals surface area contributed by atoms with Crippen molar-refractivity contribution in [2.24, 2.45) is 0 Å². The van der Waals surface area contributed by atoms with E-state index < -0.39 is 5.97 Å². The summed E-state index contributed by atoms with van der Waals surface area (Å²) in [6.45, 7) is 7.57. The van der Waals surface area contributed by atoms with Crippen LogP contribution < -0.4 is 5.32 Å². The lowest BCUT2D eigenvalue weighted by molar-refractivity contribution is 0.0696. The Kier molecular flexibility index (Phi) is 5.58. The van der Waals surface area contributed by atoms with Gasteiger partial charge in [0.05, 0.1) is 11.4 Å². The number of aryl methyl sites for hydroxylation is 2. The zero-order valence-corrected chi connectivity index (χ0v) is 11.1. The Bertz CT molecular complexity index is 419. The predicted octanol–water partition coefficient (Wildman–Crippen LogP) is 2.24. The van der Waals surface area contributed by atoms with E-state index in [2.05, 4.69) is 10.3 Å². The summed E-state index contributed by atoms with van der Waals surface area (Å²) in [5, 5.41) is 12.3. The molecule has 0 saturated carbocycles. The average Bonchev–Trinajstić information content (AvgIpc) is 2.27. The number of hydrogen-bond donors (Lipinski definition) is 2. The molecule has 0 saturated heterocycles. The van der Waals surface area contributed by atoms with Gasteiger partial charge in [-0.2, -0.15) is 0 Å². The number of anilines is 1. The quantitative estimate of drug-likeness (QED) is 0.728. The number of carboxylic acid groups (broad SMARTS) is 1. The number of aromatic nitrogens is 1. The maximum Gasteiger partial charge on any atom is 0.339 e. The molecule has 0 spiro atoms. The van der Waals surface area contributed by atoms with E-state index >= 15 is 0 Å². The lowest BCUT2D eigenvalue weighted by Gasteiger charge is -2.12. The van der Waals surface area contributed by atoms with Crippen LogP contribution in [0.3, 0.4) is 0 Å². The maximum atomic E-state index is 11.2. The van der Waals surface area contributed by atoms with Gasteiger partial charge in [-0.15, -0.1) is 0 Å². The van der Waals surface area contributed by atoms with Crippen molar-refractivity contribution in [3.8, 4) is 0 Å². The number of nitrogens with one attached hydrogen (secondary N) is 1. The molecule has 0 amide bonds. The van der Waals surface area contributed by atoms with Crippen molar-refractivity contribution in [1.82, 2.24) is 4.98 Å². The van der Waals surface area contributed by atoms with Crippen molar-refractivity contribution in [2.75, 3.05) is 25.1 Å². The Hall–Kier alpha value is -1.62. The third-order valence-corrected chi connectivity index (χ3v) is 2.53. The van der Waals surface area contributed by atoms with E-state index in [1.807, 2.05) is 13.8 Å². The molecule has 0 bridgehead atoms. The van der Waals surface area contributed by atoms with E-state index in [1.165, 1.54) is 0 Å². The Balaban J connectivity index is 2.71. The third kappa shape index (κ3) is 4.00. The highest BCUT2D eigenvalue weighted by Gasteiger charge is 2.14. The molecule has 0 fully saturated rings. The number of rotatable bonds is 7. The second-order valence-electron chi connectivity index (χ2n) is 4.05. The van der Waals surface area contributed by atoms with Gasteiger partial charge in [0, 0.05) is 25.5 Å². The first-order valence-electron chi connectivity index (χ1n) is 6.09. The van der Waals surface area contributed by atoms with Crippen molar-refractivity contribution >= 4 is 11.7 Å². The van der Waals surface area contributed by atoms with Crippen molar-refractivity contribution in [3.05, 3.63) is 23.0 Å². The van der Waals surface area contributed by atoms with Gasteiger partial charge in [-0.1, -0.05) is 0 Å². The highest BCUT2D eigenvalue weighted by molar-refractivity contribution is 5.95. The first kappa shape index (κ1) is 14.4. The van der Waals surface area contributed by atoms with Gasteiger partial charge in [-0.05, 0) is 33.3 Å². The average molecular weight is 252 g/mol. The highest BCUT2D eigenvalue weighted by Crippen LogP contribution is 2.19. The lowest BCUT2D eigenvalue weighted by atomic mass is 10.1. The van der Waals surface area contributed by atoms with E-state index in [0.717, 1.165) is 12.1 Å². The first-order valence-corrected chi connectivity index (χ1v) is 6.09. The van der Waals surface area contributed by atoms with Gasteiger partial charge >= 0.3 is 5.97 Å². The molecule has 1 heterocycles. The molecule has 0 aliphatic rings. The molecule has 0 aliphatic carbocycles. The van der Waals surface area contributed by atoms with Crippen LogP contribution in [0.5, 0.6) is 0 Å². The molecule has 100 valence electrons. The van der Waals surface area contributed by atoms with Crippen molar-refractivity contribution in [1.29, 1.82) is 0 Å². The van der Waals surface area contributed by atoms with Crippen LogP contribution in [-0.4, -0.2) is 35.8 Å². The van der Waals surface area contributed by atoms with E-state index in [1.54, 1.807) is 13.0 Å². The summed E-state index contributed by atoms with van der Waals surface area (Å²) in [5.41, 5.74) is 2.22. The van der Waals surface area contributed by atoms with Gasteiger partial charge in [0.15, 0.2) is 0 Å². The molecule has 0 atom stereocenters. The fraction of sp³-hybridized carbons (Fsp3) is 0.538. The number of ether oxygens (including phenoxy) is 1. The molecule has 18 heavy (non-hydrogen) atoms. The van der Waals surface area contributed by atoms with Crippen LogP contribution >= 0.6 is 0 Å². The van der Waals surface area contributed by atoms with Crippen molar-refractivity contribution in [2.45, 2.75) is 27.2 Å². The van der Waals surface area contributed by atoms with Crippen molar-refractivity contribution in [3.63, 3.8) is 0 Å². The van der Waals surface area contributed by atoms with Crippen LogP contribution in [0.25, 0.3) is 0 Å². The van der Waals surface area contributed by atoms with Crippen LogP contribution in [0.1, 0.15) is 35.1 Å². The normalized spacial score (nSPS) is 10.4. The molecular weight excluding hydrogens is 232 g/mol. The summed E-state index contributed by atoms with van der Waals surface area (Å²) in [7, 11) is 0. The minimum Gasteiger partial charge on any atom is -0.478 e. The Morgan fingerprint density at radius 1 is 1.50 bits per heavy atom. The van der Waals surface area contributed by atoms with E-state index in [0.29, 0.717) is 31.1 Å². The molecule has 2 N–H and O–H groups in total. The monoisotopic (exact) mass is 252 g/mol. The summed E-state index contributed by atoms with van der Waals surface area (Å²) >= 11 is 0. The Labute approximate surface area is 107 Å². The summed E-state index contributed by atoms with van der Waals surface area (Å²) in [4.78, 5) is 15.4. The van der Waals surface area contributed by atoms with Crippen molar-refractivity contribution < 1.29 is 14.6 Å². The lowest BCUT2D eigenvalue weighted by Crippen LogP contribution is -2.12. The van der Waals surface area contributed by atoms with Gasteiger partial charge in [0.25, 0.3) is 0 Å². The molecule has 0 aromatic carbocycles. The summed E-state index contributed by atoms with van der Waals surface area (Å²) in [5.74, 6) is -0.952. The third-order valence-electron chi connectivity index (χ3n) is 2.53. The van der Waals surface area contributed by atoms with E-state index in [4.69, 9.17) is 4.74 Å². The van der Waals surface area contributed by atoms with Crippen LogP contribution in [-0.2, 0) is 4.74 Å². The number of nitrogens with zero attached hydrogens (tertiary/aromatic N) is 1. The summed E-state index contributed by atoms with van der Waals surface area (Å²) in [6, 6.07) is 1.76. The zero-order chi connectivity index (χ0) is 13.5. The number of hydrogen-bond acceptors (Lipinski definition) is 4. The van der Waals surface area contributed by atoms with Crippen LogP contribution in [0, 0.1) is 13.8 Å². The van der Waals surface area contributed by atoms with Crippen LogP contribution in [0.2, 0.25) is 0 Å². The second kappa shape index (κ2) is 6.96. The van der Waals surface area contributed by atoms with Gasteiger partial charge in [0.2, 0.25) is 0 Å². The molecule has 1 aromatic rings. The number of aromatic carboxylic acids is 1. The fourth-order valence-corrected chi connectivity index (χ4v) is 1.78. The van der Waals surface area contributed by atoms with Crippen LogP contribution in [0.4, 0.5) is 5.69 Å². The Morgan fingerprint density at radius 3 is 2.83 bits per heavy atom. The van der Waals surface area contributed by atoms with E-state index in [-0.39, 0.29) is 5.56 Å².